The van der Waals surface area contributed by atoms with Crippen molar-refractivity contribution in [2.24, 2.45) is 0 Å². The third-order valence-corrected chi connectivity index (χ3v) is 5.97. The number of carbonyl (C=O) groups is 1. The number of nitrogen functional groups attached to an aromatic ring is 1. The Labute approximate surface area is 204 Å². The number of nitrogens with one attached hydrogen (secondary N) is 1. The van der Waals surface area contributed by atoms with Crippen LogP contribution in [0.4, 0.5) is 17.2 Å². The molecule has 0 aliphatic heterocycles. The second-order valence-corrected chi connectivity index (χ2v) is 8.67. The number of hydrogen-bond acceptors (Lipinski definition) is 6. The summed E-state index contributed by atoms with van der Waals surface area (Å²) in [6.45, 7) is 6.24. The molecule has 0 saturated heterocycles. The maximum atomic E-state index is 12.6. The van der Waals surface area contributed by atoms with Crippen molar-refractivity contribution in [3.63, 3.8) is 0 Å². The molecule has 4 rings (SSSR count). The molecule has 33 heavy (non-hydrogen) atoms. The fraction of sp³-hybridized carbons (Fsp3) is 0.217. The van der Waals surface area contributed by atoms with E-state index in [-0.39, 0.29) is 11.2 Å². The van der Waals surface area contributed by atoms with Crippen LogP contribution in [0.2, 0.25) is 5.28 Å². The van der Waals surface area contributed by atoms with Crippen LogP contribution < -0.4 is 16.0 Å². The standard InChI is InChI=1S/C23H23BrClN7O/c1-3-31(4-2)20-19-21(30-23(25)29-20)32(13-27-19)12-14-5-7-15(8-6-14)22(33)28-18-10-9-16(24)11-17(18)26/h5-11,13H,3-4,12,26H2,1-2H3,(H,28,33). The highest BCUT2D eigenvalue weighted by Crippen LogP contribution is 2.26. The predicted molar refractivity (Wildman–Crippen MR) is 136 cm³/mol. The van der Waals surface area contributed by atoms with Crippen molar-refractivity contribution in [2.75, 3.05) is 29.0 Å². The minimum Gasteiger partial charge on any atom is -0.397 e. The number of fused-ring (bicyclic) bond motifs is 1. The van der Waals surface area contributed by atoms with Crippen LogP contribution in [-0.4, -0.2) is 38.5 Å². The Morgan fingerprint density at radius 1 is 1.15 bits per heavy atom. The SMILES string of the molecule is CCN(CC)c1nc(Cl)nc2c1ncn2Cc1ccc(C(=O)Nc2ccc(Br)cc2N)cc1. The minimum absolute atomic E-state index is 0.186. The largest absolute Gasteiger partial charge is 0.397 e. The number of halogens is 2. The predicted octanol–water partition coefficient (Wildman–Crippen LogP) is 4.97. The van der Waals surface area contributed by atoms with Gasteiger partial charge in [0.1, 0.15) is 0 Å². The molecule has 2 aromatic carbocycles. The highest BCUT2D eigenvalue weighted by Gasteiger charge is 2.17. The Balaban J connectivity index is 1.54. The summed E-state index contributed by atoms with van der Waals surface area (Å²) in [4.78, 5) is 28.0. The lowest BCUT2D eigenvalue weighted by molar-refractivity contribution is 0.102. The van der Waals surface area contributed by atoms with Crippen molar-refractivity contribution in [1.29, 1.82) is 0 Å². The first-order valence-electron chi connectivity index (χ1n) is 10.5. The lowest BCUT2D eigenvalue weighted by Gasteiger charge is -2.19. The van der Waals surface area contributed by atoms with Crippen molar-refractivity contribution >= 4 is 61.8 Å². The fourth-order valence-electron chi connectivity index (χ4n) is 3.56. The maximum absolute atomic E-state index is 12.6. The smallest absolute Gasteiger partial charge is 0.255 e. The van der Waals surface area contributed by atoms with Gasteiger partial charge in [0.25, 0.3) is 5.91 Å². The van der Waals surface area contributed by atoms with Crippen LogP contribution in [0.25, 0.3) is 11.2 Å². The highest BCUT2D eigenvalue weighted by atomic mass is 79.9. The summed E-state index contributed by atoms with van der Waals surface area (Å²) in [6, 6.07) is 12.7. The number of anilines is 3. The number of carbonyl (C=O) groups excluding carboxylic acids is 1. The first-order chi connectivity index (χ1) is 15.9. The Kier molecular flexibility index (Phi) is 6.80. The summed E-state index contributed by atoms with van der Waals surface area (Å²) in [5.74, 6) is 0.500. The quantitative estimate of drug-likeness (QED) is 0.259. The molecule has 0 aliphatic carbocycles. The molecule has 0 bridgehead atoms. The fourth-order valence-corrected chi connectivity index (χ4v) is 4.10. The van der Waals surface area contributed by atoms with Gasteiger partial charge in [-0.15, -0.1) is 0 Å². The number of benzene rings is 2. The van der Waals surface area contributed by atoms with Crippen molar-refractivity contribution < 1.29 is 4.79 Å². The van der Waals surface area contributed by atoms with Gasteiger partial charge in [0.05, 0.1) is 24.2 Å². The van der Waals surface area contributed by atoms with Crippen molar-refractivity contribution in [3.8, 4) is 0 Å². The van der Waals surface area contributed by atoms with Gasteiger partial charge in [-0.2, -0.15) is 9.97 Å². The van der Waals surface area contributed by atoms with E-state index in [2.05, 4.69) is 54.9 Å². The number of aromatic nitrogens is 4. The molecule has 0 unspecified atom stereocenters. The molecular weight excluding hydrogens is 506 g/mol. The summed E-state index contributed by atoms with van der Waals surface area (Å²) >= 11 is 9.57. The van der Waals surface area contributed by atoms with Gasteiger partial charge in [0.2, 0.25) is 5.28 Å². The zero-order valence-corrected chi connectivity index (χ0v) is 20.6. The Bertz CT molecular complexity index is 1300. The summed E-state index contributed by atoms with van der Waals surface area (Å²) in [5, 5.41) is 3.03. The van der Waals surface area contributed by atoms with E-state index in [1.54, 1.807) is 30.6 Å². The van der Waals surface area contributed by atoms with E-state index in [0.717, 1.165) is 28.9 Å². The van der Waals surface area contributed by atoms with Gasteiger partial charge in [-0.1, -0.05) is 28.1 Å². The zero-order chi connectivity index (χ0) is 23.5. The van der Waals surface area contributed by atoms with Gasteiger partial charge in [-0.25, -0.2) is 4.98 Å². The second-order valence-electron chi connectivity index (χ2n) is 7.42. The van der Waals surface area contributed by atoms with Gasteiger partial charge >= 0.3 is 0 Å². The lowest BCUT2D eigenvalue weighted by atomic mass is 10.1. The van der Waals surface area contributed by atoms with Crippen molar-refractivity contribution in [2.45, 2.75) is 20.4 Å². The number of nitrogens with zero attached hydrogens (tertiary/aromatic N) is 5. The molecule has 1 amide bonds. The third kappa shape index (κ3) is 4.94. The zero-order valence-electron chi connectivity index (χ0n) is 18.2. The molecule has 0 aliphatic rings. The first kappa shape index (κ1) is 23.0. The van der Waals surface area contributed by atoms with E-state index in [9.17, 15) is 4.79 Å². The Hall–Kier alpha value is -3.17. The average Bonchev–Trinajstić information content (AvgIpc) is 3.19. The highest BCUT2D eigenvalue weighted by molar-refractivity contribution is 9.10. The van der Waals surface area contributed by atoms with Gasteiger partial charge in [0.15, 0.2) is 17.0 Å². The number of hydrogen-bond donors (Lipinski definition) is 2. The number of rotatable bonds is 7. The molecule has 0 radical (unpaired) electrons. The van der Waals surface area contributed by atoms with Crippen molar-refractivity contribution in [1.82, 2.24) is 19.5 Å². The van der Waals surface area contributed by atoms with Crippen LogP contribution in [0, 0.1) is 0 Å². The number of imidazole rings is 1. The van der Waals surface area contributed by atoms with E-state index in [1.807, 2.05) is 22.8 Å². The van der Waals surface area contributed by atoms with Gasteiger partial charge in [-0.05, 0) is 61.3 Å². The van der Waals surface area contributed by atoms with Crippen molar-refractivity contribution in [3.05, 3.63) is 69.7 Å². The summed E-state index contributed by atoms with van der Waals surface area (Å²) in [7, 11) is 0. The van der Waals surface area contributed by atoms with E-state index < -0.39 is 0 Å². The number of nitrogens with two attached hydrogens (primary N) is 1. The van der Waals surface area contributed by atoms with Crippen LogP contribution in [0.15, 0.2) is 53.3 Å². The molecule has 3 N–H and O–H groups in total. The first-order valence-corrected chi connectivity index (χ1v) is 11.6. The Morgan fingerprint density at radius 3 is 2.55 bits per heavy atom. The summed E-state index contributed by atoms with van der Waals surface area (Å²) in [6.07, 6.45) is 1.74. The van der Waals surface area contributed by atoms with E-state index in [0.29, 0.717) is 34.6 Å². The summed E-state index contributed by atoms with van der Waals surface area (Å²) < 4.78 is 2.78. The van der Waals surface area contributed by atoms with Gasteiger partial charge in [0, 0.05) is 23.1 Å². The van der Waals surface area contributed by atoms with Crippen LogP contribution in [0.3, 0.4) is 0 Å². The second kappa shape index (κ2) is 9.76. The van der Waals surface area contributed by atoms with Crippen LogP contribution in [-0.2, 0) is 6.54 Å². The average molecular weight is 529 g/mol. The van der Waals surface area contributed by atoms with E-state index in [1.165, 1.54) is 0 Å². The Morgan fingerprint density at radius 2 is 1.88 bits per heavy atom. The van der Waals surface area contributed by atoms with Gasteiger partial charge < -0.3 is 20.5 Å². The summed E-state index contributed by atoms with van der Waals surface area (Å²) in [5.41, 5.74) is 9.95. The minimum atomic E-state index is -0.230. The lowest BCUT2D eigenvalue weighted by Crippen LogP contribution is -2.23. The van der Waals surface area contributed by atoms with Gasteiger partial charge in [-0.3, -0.25) is 4.79 Å². The molecule has 0 fully saturated rings. The topological polar surface area (TPSA) is 102 Å². The van der Waals surface area contributed by atoms with Crippen LogP contribution in [0.5, 0.6) is 0 Å². The molecule has 10 heteroatoms. The molecule has 0 atom stereocenters. The molecule has 2 heterocycles. The monoisotopic (exact) mass is 527 g/mol. The maximum Gasteiger partial charge on any atom is 0.255 e. The third-order valence-electron chi connectivity index (χ3n) is 5.31. The van der Waals surface area contributed by atoms with E-state index >= 15 is 0 Å². The van der Waals surface area contributed by atoms with E-state index in [4.69, 9.17) is 17.3 Å². The number of amides is 1. The molecule has 4 aromatic rings. The molecule has 8 nitrogen and oxygen atoms in total. The van der Waals surface area contributed by atoms with Crippen LogP contribution >= 0.6 is 27.5 Å². The molecular formula is C23H23BrClN7O. The molecule has 0 spiro atoms. The van der Waals surface area contributed by atoms with Crippen LogP contribution in [0.1, 0.15) is 29.8 Å². The normalized spacial score (nSPS) is 11.0. The molecule has 170 valence electrons. The molecule has 2 aromatic heterocycles. The molecule has 0 saturated carbocycles.